The van der Waals surface area contributed by atoms with Crippen LogP contribution in [0.3, 0.4) is 0 Å². The number of aromatic nitrogens is 3. The first-order valence-electron chi connectivity index (χ1n) is 17.4. The molecule has 0 bridgehead atoms. The van der Waals surface area contributed by atoms with Crippen LogP contribution in [0.2, 0.25) is 0 Å². The average molecular weight is 643 g/mol. The minimum atomic E-state index is 0.000946. The van der Waals surface area contributed by atoms with Gasteiger partial charge in [-0.05, 0) is 69.5 Å². The summed E-state index contributed by atoms with van der Waals surface area (Å²) in [6, 6.07) is 46.7. The van der Waals surface area contributed by atoms with Gasteiger partial charge in [0.05, 0.1) is 18.0 Å². The maximum Gasteiger partial charge on any atom is 0.195 e. The van der Waals surface area contributed by atoms with E-state index in [1.54, 1.807) is 6.20 Å². The highest BCUT2D eigenvalue weighted by Crippen LogP contribution is 2.60. The zero-order chi connectivity index (χ0) is 33.5. The van der Waals surface area contributed by atoms with Crippen LogP contribution in [0.5, 0.6) is 0 Å². The Kier molecular flexibility index (Phi) is 7.40. The third-order valence-corrected chi connectivity index (χ3v) is 10.6. The first-order chi connectivity index (χ1) is 24.7. The van der Waals surface area contributed by atoms with Crippen LogP contribution in [0, 0.1) is 6.57 Å². The van der Waals surface area contributed by atoms with Gasteiger partial charge in [0, 0.05) is 34.5 Å². The molecule has 4 nitrogen and oxygen atoms in total. The summed E-state index contributed by atoms with van der Waals surface area (Å²) in [7, 11) is 0. The van der Waals surface area contributed by atoms with Crippen molar-refractivity contribution in [2.24, 2.45) is 0 Å². The monoisotopic (exact) mass is 642 g/mol. The van der Waals surface area contributed by atoms with Gasteiger partial charge < -0.3 is 0 Å². The molecule has 0 unspecified atom stereocenters. The second-order valence-electron chi connectivity index (χ2n) is 13.4. The Morgan fingerprint density at radius 1 is 0.520 bits per heavy atom. The molecule has 0 N–H and O–H groups in total. The molecule has 1 saturated carbocycles. The fourth-order valence-electron chi connectivity index (χ4n) is 8.24. The van der Waals surface area contributed by atoms with E-state index in [4.69, 9.17) is 16.5 Å². The van der Waals surface area contributed by atoms with Gasteiger partial charge in [-0.15, -0.1) is 0 Å². The molecule has 2 aliphatic rings. The SMILES string of the molecule is [C-]#[N+]c1cccc2c1-c1c(-c3ccc(-c4cc(-c5ccc(-c6cccnc6)cc5)nc(-c5ccccc5)n4)cc3)cccc1C21CCCCC1. The van der Waals surface area contributed by atoms with Crippen molar-refractivity contribution in [1.29, 1.82) is 0 Å². The van der Waals surface area contributed by atoms with Gasteiger partial charge in [-0.2, -0.15) is 0 Å². The number of hydrogen-bond acceptors (Lipinski definition) is 3. The van der Waals surface area contributed by atoms with E-state index in [1.807, 2.05) is 36.5 Å². The summed E-state index contributed by atoms with van der Waals surface area (Å²) in [5, 5.41) is 0. The van der Waals surface area contributed by atoms with Crippen molar-refractivity contribution >= 4 is 5.69 Å². The van der Waals surface area contributed by atoms with Gasteiger partial charge in [0.25, 0.3) is 0 Å². The van der Waals surface area contributed by atoms with E-state index in [0.29, 0.717) is 5.82 Å². The third kappa shape index (κ3) is 5.02. The molecule has 1 spiro atoms. The molecule has 50 heavy (non-hydrogen) atoms. The van der Waals surface area contributed by atoms with Crippen LogP contribution in [0.4, 0.5) is 5.69 Å². The Balaban J connectivity index is 1.13. The van der Waals surface area contributed by atoms with Crippen molar-refractivity contribution in [3.05, 3.63) is 168 Å². The van der Waals surface area contributed by atoms with Gasteiger partial charge in [0.2, 0.25) is 0 Å². The lowest BCUT2D eigenvalue weighted by Crippen LogP contribution is -2.27. The number of fused-ring (bicyclic) bond motifs is 5. The minimum Gasteiger partial charge on any atom is -0.264 e. The summed E-state index contributed by atoms with van der Waals surface area (Å²) >= 11 is 0. The fraction of sp³-hybridized carbons (Fsp3) is 0.130. The quantitative estimate of drug-likeness (QED) is 0.175. The molecule has 5 aromatic carbocycles. The molecule has 238 valence electrons. The highest BCUT2D eigenvalue weighted by molar-refractivity contribution is 5.98. The van der Waals surface area contributed by atoms with Crippen molar-refractivity contribution in [2.75, 3.05) is 0 Å². The number of pyridine rings is 1. The van der Waals surface area contributed by atoms with Crippen LogP contribution in [0.15, 0.2) is 146 Å². The molecular formula is C46H34N4. The van der Waals surface area contributed by atoms with E-state index < -0.39 is 0 Å². The van der Waals surface area contributed by atoms with E-state index >= 15 is 0 Å². The lowest BCUT2D eigenvalue weighted by atomic mass is 9.67. The first-order valence-corrected chi connectivity index (χ1v) is 17.4. The lowest BCUT2D eigenvalue weighted by molar-refractivity contribution is 0.353. The molecule has 0 radical (unpaired) electrons. The highest BCUT2D eigenvalue weighted by Gasteiger charge is 2.45. The molecule has 2 aliphatic carbocycles. The summed E-state index contributed by atoms with van der Waals surface area (Å²) < 4.78 is 0. The van der Waals surface area contributed by atoms with Crippen LogP contribution in [-0.4, -0.2) is 15.0 Å². The van der Waals surface area contributed by atoms with E-state index in [1.165, 1.54) is 41.5 Å². The Hall–Kier alpha value is -6.18. The van der Waals surface area contributed by atoms with Crippen molar-refractivity contribution in [2.45, 2.75) is 37.5 Å². The summed E-state index contributed by atoms with van der Waals surface area (Å²) in [4.78, 5) is 18.4. The lowest BCUT2D eigenvalue weighted by Gasteiger charge is -2.36. The Labute approximate surface area is 293 Å². The Bertz CT molecular complexity index is 2380. The van der Waals surface area contributed by atoms with Crippen molar-refractivity contribution in [3.8, 4) is 67.3 Å². The molecule has 0 aliphatic heterocycles. The predicted octanol–water partition coefficient (Wildman–Crippen LogP) is 12.0. The topological polar surface area (TPSA) is 43.0 Å². The van der Waals surface area contributed by atoms with Crippen molar-refractivity contribution < 1.29 is 0 Å². The van der Waals surface area contributed by atoms with Gasteiger partial charge in [-0.1, -0.05) is 141 Å². The van der Waals surface area contributed by atoms with Gasteiger partial charge in [-0.3, -0.25) is 4.98 Å². The second kappa shape index (κ2) is 12.4. The van der Waals surface area contributed by atoms with E-state index in [0.717, 1.165) is 68.9 Å². The fourth-order valence-corrected chi connectivity index (χ4v) is 8.24. The summed E-state index contributed by atoms with van der Waals surface area (Å²) in [5.74, 6) is 0.695. The predicted molar refractivity (Wildman–Crippen MR) is 203 cm³/mol. The van der Waals surface area contributed by atoms with Crippen LogP contribution in [-0.2, 0) is 5.41 Å². The Morgan fingerprint density at radius 3 is 1.80 bits per heavy atom. The van der Waals surface area contributed by atoms with Crippen LogP contribution in [0.25, 0.3) is 72.1 Å². The van der Waals surface area contributed by atoms with Crippen LogP contribution in [0.1, 0.15) is 43.2 Å². The number of rotatable bonds is 5. The molecule has 0 saturated heterocycles. The molecule has 2 heterocycles. The molecule has 0 amide bonds. The third-order valence-electron chi connectivity index (χ3n) is 10.6. The van der Waals surface area contributed by atoms with Crippen molar-refractivity contribution in [3.63, 3.8) is 0 Å². The number of nitrogens with zero attached hydrogens (tertiary/aromatic N) is 4. The molecule has 2 aromatic heterocycles. The first kappa shape index (κ1) is 29.9. The zero-order valence-corrected chi connectivity index (χ0v) is 27.7. The van der Waals surface area contributed by atoms with Crippen LogP contribution < -0.4 is 0 Å². The molecule has 4 heteroatoms. The maximum atomic E-state index is 8.07. The summed E-state index contributed by atoms with van der Waals surface area (Å²) in [6.07, 6.45) is 9.69. The minimum absolute atomic E-state index is 0.000946. The average Bonchev–Trinajstić information content (AvgIpc) is 3.47. The maximum absolute atomic E-state index is 8.07. The van der Waals surface area contributed by atoms with Gasteiger partial charge in [0.15, 0.2) is 11.5 Å². The molecule has 9 rings (SSSR count). The van der Waals surface area contributed by atoms with Gasteiger partial charge in [0.1, 0.15) is 0 Å². The normalized spacial score (nSPS) is 14.1. The Morgan fingerprint density at radius 2 is 1.14 bits per heavy atom. The molecular weight excluding hydrogens is 609 g/mol. The second-order valence-corrected chi connectivity index (χ2v) is 13.4. The van der Waals surface area contributed by atoms with Gasteiger partial charge >= 0.3 is 0 Å². The van der Waals surface area contributed by atoms with E-state index in [9.17, 15) is 0 Å². The smallest absolute Gasteiger partial charge is 0.195 e. The largest absolute Gasteiger partial charge is 0.264 e. The molecule has 1 fully saturated rings. The summed E-state index contributed by atoms with van der Waals surface area (Å²) in [6.45, 7) is 8.07. The van der Waals surface area contributed by atoms with E-state index in [-0.39, 0.29) is 5.41 Å². The standard InChI is InChI=1S/C46H34N4/c1-47-40-17-9-16-39-44(40)43-37(14-8-15-38(43)46(39)26-6-3-7-27-46)32-20-24-34(25-21-32)42-29-41(49-45(50-42)35-11-4-2-5-12-35)33-22-18-31(19-23-33)36-13-10-28-48-30-36/h2,4-5,8-25,28-30H,3,6-7,26-27H2. The van der Waals surface area contributed by atoms with Crippen molar-refractivity contribution in [1.82, 2.24) is 15.0 Å². The molecule has 7 aromatic rings. The molecule has 0 atom stereocenters. The van der Waals surface area contributed by atoms with E-state index in [2.05, 4.69) is 113 Å². The van der Waals surface area contributed by atoms with Gasteiger partial charge in [-0.25, -0.2) is 14.8 Å². The number of benzene rings is 5. The highest BCUT2D eigenvalue weighted by atomic mass is 14.9. The summed E-state index contributed by atoms with van der Waals surface area (Å²) in [5.41, 5.74) is 15.2. The zero-order valence-electron chi connectivity index (χ0n) is 27.7. The van der Waals surface area contributed by atoms with Crippen LogP contribution >= 0.6 is 0 Å². The number of hydrogen-bond donors (Lipinski definition) is 0.